The molecule has 0 radical (unpaired) electrons. The van der Waals surface area contributed by atoms with Gasteiger partial charge in [0.1, 0.15) is 6.07 Å². The highest BCUT2D eigenvalue weighted by Crippen LogP contribution is 2.31. The molecule has 5 heteroatoms. The zero-order valence-corrected chi connectivity index (χ0v) is 11.4. The highest BCUT2D eigenvalue weighted by molar-refractivity contribution is 7.99. The first kappa shape index (κ1) is 14.0. The Balaban J connectivity index is 2.26. The summed E-state index contributed by atoms with van der Waals surface area (Å²) in [5.41, 5.74) is 7.41. The number of nitrogens with two attached hydrogens (primary N) is 1. The summed E-state index contributed by atoms with van der Waals surface area (Å²) >= 11 is 1.45. The predicted octanol–water partition coefficient (Wildman–Crippen LogP) is 2.92. The first-order chi connectivity index (χ1) is 9.58. The van der Waals surface area contributed by atoms with E-state index in [0.29, 0.717) is 16.8 Å². The van der Waals surface area contributed by atoms with Gasteiger partial charge in [0.25, 0.3) is 0 Å². The third-order valence-electron chi connectivity index (χ3n) is 2.63. The maximum atomic E-state index is 10.7. The van der Waals surface area contributed by atoms with Crippen molar-refractivity contribution >= 4 is 23.4 Å². The number of anilines is 1. The Kier molecular flexibility index (Phi) is 4.28. The molecule has 0 unspecified atom stereocenters. The first-order valence-corrected chi connectivity index (χ1v) is 6.68. The molecule has 0 amide bonds. The summed E-state index contributed by atoms with van der Waals surface area (Å²) in [5.74, 6) is -0.909. The van der Waals surface area contributed by atoms with Gasteiger partial charge in [0.15, 0.2) is 0 Å². The fourth-order valence-corrected chi connectivity index (χ4v) is 2.58. The second-order valence-electron chi connectivity index (χ2n) is 4.18. The van der Waals surface area contributed by atoms with Crippen molar-refractivity contribution in [2.45, 2.75) is 16.2 Å². The third kappa shape index (κ3) is 3.53. The Morgan fingerprint density at radius 3 is 2.55 bits per heavy atom. The van der Waals surface area contributed by atoms with Gasteiger partial charge in [-0.2, -0.15) is 5.26 Å². The number of aliphatic carboxylic acids is 1. The average molecular weight is 284 g/mol. The molecule has 2 aromatic carbocycles. The third-order valence-corrected chi connectivity index (χ3v) is 3.71. The van der Waals surface area contributed by atoms with E-state index in [0.717, 1.165) is 9.79 Å². The van der Waals surface area contributed by atoms with E-state index in [-0.39, 0.29) is 6.42 Å². The van der Waals surface area contributed by atoms with Gasteiger partial charge in [0, 0.05) is 15.5 Å². The standard InChI is InChI=1S/C15H12N2O2S/c16-9-11-7-10(8-15(18)19)1-6-14(11)20-13-4-2-12(17)3-5-13/h1-7H,8,17H2,(H,18,19). The molecule has 0 atom stereocenters. The molecule has 3 N–H and O–H groups in total. The lowest BCUT2D eigenvalue weighted by Crippen LogP contribution is -2.00. The number of carboxylic acid groups (broad SMARTS) is 1. The quantitative estimate of drug-likeness (QED) is 0.843. The number of nitrogen functional groups attached to an aromatic ring is 1. The fourth-order valence-electron chi connectivity index (χ4n) is 1.70. The van der Waals surface area contributed by atoms with Gasteiger partial charge in [-0.25, -0.2) is 0 Å². The minimum Gasteiger partial charge on any atom is -0.481 e. The SMILES string of the molecule is N#Cc1cc(CC(=O)O)ccc1Sc1ccc(N)cc1. The number of nitrogens with zero attached hydrogens (tertiary/aromatic N) is 1. The smallest absolute Gasteiger partial charge is 0.307 e. The van der Waals surface area contributed by atoms with Crippen LogP contribution in [0.25, 0.3) is 0 Å². The van der Waals surface area contributed by atoms with Crippen LogP contribution < -0.4 is 5.73 Å². The van der Waals surface area contributed by atoms with E-state index in [1.54, 1.807) is 30.3 Å². The van der Waals surface area contributed by atoms with Gasteiger partial charge < -0.3 is 10.8 Å². The van der Waals surface area contributed by atoms with Crippen LogP contribution in [0.5, 0.6) is 0 Å². The molecule has 0 aromatic heterocycles. The van der Waals surface area contributed by atoms with E-state index in [1.807, 2.05) is 12.1 Å². The van der Waals surface area contributed by atoms with Crippen molar-refractivity contribution in [2.24, 2.45) is 0 Å². The van der Waals surface area contributed by atoms with Crippen LogP contribution in [0, 0.1) is 11.3 Å². The Morgan fingerprint density at radius 2 is 1.95 bits per heavy atom. The Hall–Kier alpha value is -2.45. The normalized spacial score (nSPS) is 9.95. The molecule has 0 aliphatic rings. The molecule has 2 aromatic rings. The lowest BCUT2D eigenvalue weighted by molar-refractivity contribution is -0.136. The summed E-state index contributed by atoms with van der Waals surface area (Å²) in [7, 11) is 0. The largest absolute Gasteiger partial charge is 0.481 e. The van der Waals surface area contributed by atoms with Crippen LogP contribution in [0.3, 0.4) is 0 Å². The highest BCUT2D eigenvalue weighted by Gasteiger charge is 2.08. The zero-order valence-electron chi connectivity index (χ0n) is 10.5. The maximum absolute atomic E-state index is 10.7. The summed E-state index contributed by atoms with van der Waals surface area (Å²) in [6.07, 6.45) is -0.0818. The minimum absolute atomic E-state index is 0.0818. The Morgan fingerprint density at radius 1 is 1.25 bits per heavy atom. The summed E-state index contributed by atoms with van der Waals surface area (Å²) < 4.78 is 0. The Bertz CT molecular complexity index is 675. The van der Waals surface area contributed by atoms with Gasteiger partial charge in [0.2, 0.25) is 0 Å². The molecule has 0 fully saturated rings. The van der Waals surface area contributed by atoms with Crippen molar-refractivity contribution in [3.8, 4) is 6.07 Å². The predicted molar refractivity (Wildman–Crippen MR) is 77.5 cm³/mol. The van der Waals surface area contributed by atoms with Crippen LogP contribution in [0.1, 0.15) is 11.1 Å². The number of hydrogen-bond donors (Lipinski definition) is 2. The zero-order chi connectivity index (χ0) is 14.5. The van der Waals surface area contributed by atoms with Crippen molar-refractivity contribution in [3.63, 3.8) is 0 Å². The van der Waals surface area contributed by atoms with Gasteiger partial charge in [-0.15, -0.1) is 0 Å². The second-order valence-corrected chi connectivity index (χ2v) is 5.30. The number of benzene rings is 2. The van der Waals surface area contributed by atoms with Crippen molar-refractivity contribution in [1.29, 1.82) is 5.26 Å². The fraction of sp³-hybridized carbons (Fsp3) is 0.0667. The van der Waals surface area contributed by atoms with Crippen molar-refractivity contribution < 1.29 is 9.90 Å². The molecule has 2 rings (SSSR count). The van der Waals surface area contributed by atoms with Crippen LogP contribution in [-0.4, -0.2) is 11.1 Å². The van der Waals surface area contributed by atoms with E-state index in [9.17, 15) is 4.79 Å². The molecule has 0 spiro atoms. The Labute approximate surface area is 120 Å². The molecule has 0 aliphatic heterocycles. The molecular formula is C15H12N2O2S. The van der Waals surface area contributed by atoms with Crippen LogP contribution in [0.4, 0.5) is 5.69 Å². The maximum Gasteiger partial charge on any atom is 0.307 e. The van der Waals surface area contributed by atoms with Crippen LogP contribution in [0.15, 0.2) is 52.3 Å². The molecule has 0 saturated carbocycles. The van der Waals surface area contributed by atoms with Crippen molar-refractivity contribution in [2.75, 3.05) is 5.73 Å². The van der Waals surface area contributed by atoms with Gasteiger partial charge in [-0.1, -0.05) is 17.8 Å². The van der Waals surface area contributed by atoms with E-state index in [2.05, 4.69) is 6.07 Å². The number of carboxylic acids is 1. The van der Waals surface area contributed by atoms with Crippen molar-refractivity contribution in [1.82, 2.24) is 0 Å². The van der Waals surface area contributed by atoms with E-state index in [1.165, 1.54) is 11.8 Å². The number of nitriles is 1. The van der Waals surface area contributed by atoms with Gasteiger partial charge in [-0.3, -0.25) is 4.79 Å². The van der Waals surface area contributed by atoms with E-state index >= 15 is 0 Å². The lowest BCUT2D eigenvalue weighted by Gasteiger charge is -2.06. The molecule has 100 valence electrons. The summed E-state index contributed by atoms with van der Waals surface area (Å²) in [4.78, 5) is 12.4. The van der Waals surface area contributed by atoms with Gasteiger partial charge >= 0.3 is 5.97 Å². The molecule has 0 bridgehead atoms. The van der Waals surface area contributed by atoms with E-state index in [4.69, 9.17) is 16.1 Å². The molecule has 0 saturated heterocycles. The van der Waals surface area contributed by atoms with Gasteiger partial charge in [-0.05, 0) is 42.0 Å². The van der Waals surface area contributed by atoms with Crippen LogP contribution >= 0.6 is 11.8 Å². The first-order valence-electron chi connectivity index (χ1n) is 5.86. The molecular weight excluding hydrogens is 272 g/mol. The molecule has 0 heterocycles. The van der Waals surface area contributed by atoms with E-state index < -0.39 is 5.97 Å². The van der Waals surface area contributed by atoms with Crippen LogP contribution in [0.2, 0.25) is 0 Å². The molecule has 4 nitrogen and oxygen atoms in total. The average Bonchev–Trinajstić information content (AvgIpc) is 2.42. The lowest BCUT2D eigenvalue weighted by atomic mass is 10.1. The highest BCUT2D eigenvalue weighted by atomic mass is 32.2. The second kappa shape index (κ2) is 6.13. The summed E-state index contributed by atoms with van der Waals surface area (Å²) in [5, 5.41) is 17.9. The molecule has 0 aliphatic carbocycles. The van der Waals surface area contributed by atoms with Crippen LogP contribution in [-0.2, 0) is 11.2 Å². The number of carbonyl (C=O) groups is 1. The topological polar surface area (TPSA) is 87.1 Å². The van der Waals surface area contributed by atoms with Crippen molar-refractivity contribution in [3.05, 3.63) is 53.6 Å². The monoisotopic (exact) mass is 284 g/mol. The summed E-state index contributed by atoms with van der Waals surface area (Å²) in [6.45, 7) is 0. The number of rotatable bonds is 4. The summed E-state index contributed by atoms with van der Waals surface area (Å²) in [6, 6.07) is 14.6. The minimum atomic E-state index is -0.909. The molecule has 20 heavy (non-hydrogen) atoms. The number of hydrogen-bond acceptors (Lipinski definition) is 4. The van der Waals surface area contributed by atoms with Gasteiger partial charge in [0.05, 0.1) is 12.0 Å².